The standard InChI is InChI=1S/C20H25N3O5S/c1-13-6-9-17(10-7-13)15(3)21-20(24)16(4)22(29(5,27)28)19-12-18(23(25)26)11-8-14(19)2/h6-12,15-16H,1-5H3,(H,21,24)/t15-,16-/m1/s1. The Morgan fingerprint density at radius 2 is 1.69 bits per heavy atom. The zero-order chi connectivity index (χ0) is 21.9. The molecule has 0 bridgehead atoms. The first-order chi connectivity index (χ1) is 13.4. The maximum Gasteiger partial charge on any atom is 0.271 e. The van der Waals surface area contributed by atoms with Crippen molar-refractivity contribution in [3.8, 4) is 0 Å². The smallest absolute Gasteiger partial charge is 0.271 e. The summed E-state index contributed by atoms with van der Waals surface area (Å²) in [6, 6.07) is 10.1. The second-order valence-electron chi connectivity index (χ2n) is 7.10. The number of carbonyl (C=O) groups excluding carboxylic acids is 1. The Labute approximate surface area is 170 Å². The average Bonchev–Trinajstić information content (AvgIpc) is 2.62. The molecular weight excluding hydrogens is 394 g/mol. The minimum atomic E-state index is -3.88. The highest BCUT2D eigenvalue weighted by atomic mass is 32.2. The number of benzene rings is 2. The molecule has 0 fully saturated rings. The summed E-state index contributed by atoms with van der Waals surface area (Å²) in [7, 11) is -3.88. The number of hydrogen-bond acceptors (Lipinski definition) is 5. The van der Waals surface area contributed by atoms with E-state index in [1.54, 1.807) is 13.8 Å². The van der Waals surface area contributed by atoms with E-state index in [4.69, 9.17) is 0 Å². The molecule has 2 aromatic carbocycles. The number of hydrogen-bond donors (Lipinski definition) is 1. The fourth-order valence-electron chi connectivity index (χ4n) is 3.00. The van der Waals surface area contributed by atoms with Gasteiger partial charge in [-0.25, -0.2) is 8.42 Å². The summed E-state index contributed by atoms with van der Waals surface area (Å²) in [6.45, 7) is 6.85. The molecule has 0 unspecified atom stereocenters. The third kappa shape index (κ3) is 5.32. The van der Waals surface area contributed by atoms with Crippen LogP contribution in [0.3, 0.4) is 0 Å². The first-order valence-corrected chi connectivity index (χ1v) is 10.9. The molecule has 0 aliphatic heterocycles. The number of rotatable bonds is 7. The zero-order valence-corrected chi connectivity index (χ0v) is 17.9. The van der Waals surface area contributed by atoms with E-state index in [1.807, 2.05) is 31.2 Å². The predicted molar refractivity (Wildman–Crippen MR) is 112 cm³/mol. The highest BCUT2D eigenvalue weighted by Crippen LogP contribution is 2.29. The van der Waals surface area contributed by atoms with Crippen molar-refractivity contribution in [1.29, 1.82) is 0 Å². The highest BCUT2D eigenvalue weighted by Gasteiger charge is 2.31. The quantitative estimate of drug-likeness (QED) is 0.547. The number of anilines is 1. The molecule has 2 atom stereocenters. The van der Waals surface area contributed by atoms with Crippen molar-refractivity contribution >= 4 is 27.3 Å². The van der Waals surface area contributed by atoms with Crippen molar-refractivity contribution in [1.82, 2.24) is 5.32 Å². The SMILES string of the molecule is Cc1ccc([C@@H](C)NC(=O)[C@@H](C)N(c2cc([N+](=O)[O-])ccc2C)S(C)(=O)=O)cc1. The number of nitrogens with one attached hydrogen (secondary N) is 1. The van der Waals surface area contributed by atoms with Gasteiger partial charge in [-0.1, -0.05) is 35.9 Å². The Kier molecular flexibility index (Phi) is 6.63. The molecule has 0 saturated heterocycles. The van der Waals surface area contributed by atoms with Crippen LogP contribution in [-0.2, 0) is 14.8 Å². The maximum atomic E-state index is 12.8. The van der Waals surface area contributed by atoms with Crippen LogP contribution in [-0.4, -0.2) is 31.5 Å². The zero-order valence-electron chi connectivity index (χ0n) is 17.0. The van der Waals surface area contributed by atoms with Gasteiger partial charge in [-0.15, -0.1) is 0 Å². The third-order valence-corrected chi connectivity index (χ3v) is 5.89. The van der Waals surface area contributed by atoms with Crippen molar-refractivity contribution in [3.05, 3.63) is 69.3 Å². The summed E-state index contributed by atoms with van der Waals surface area (Å²) in [5.74, 6) is -0.505. The van der Waals surface area contributed by atoms with Crippen LogP contribution in [0.15, 0.2) is 42.5 Å². The lowest BCUT2D eigenvalue weighted by atomic mass is 10.1. The average molecular weight is 420 g/mol. The Hall–Kier alpha value is -2.94. The van der Waals surface area contributed by atoms with Crippen LogP contribution in [0.25, 0.3) is 0 Å². The van der Waals surface area contributed by atoms with Crippen molar-refractivity contribution < 1.29 is 18.1 Å². The Morgan fingerprint density at radius 3 is 2.21 bits per heavy atom. The molecule has 1 N–H and O–H groups in total. The Balaban J connectivity index is 2.36. The molecule has 0 spiro atoms. The van der Waals surface area contributed by atoms with Crippen LogP contribution in [0.1, 0.15) is 36.6 Å². The van der Waals surface area contributed by atoms with Gasteiger partial charge in [0.1, 0.15) is 6.04 Å². The van der Waals surface area contributed by atoms with Crippen LogP contribution in [0, 0.1) is 24.0 Å². The van der Waals surface area contributed by atoms with E-state index in [-0.39, 0.29) is 17.4 Å². The summed E-state index contributed by atoms with van der Waals surface area (Å²) >= 11 is 0. The number of non-ortho nitro benzene ring substituents is 1. The van der Waals surface area contributed by atoms with Crippen LogP contribution < -0.4 is 9.62 Å². The summed E-state index contributed by atoms with van der Waals surface area (Å²) in [5, 5.41) is 13.9. The molecule has 2 rings (SSSR count). The molecule has 0 aromatic heterocycles. The molecule has 29 heavy (non-hydrogen) atoms. The molecule has 1 amide bonds. The monoisotopic (exact) mass is 419 g/mol. The van der Waals surface area contributed by atoms with E-state index < -0.39 is 26.9 Å². The van der Waals surface area contributed by atoms with Gasteiger partial charge in [0.25, 0.3) is 5.69 Å². The van der Waals surface area contributed by atoms with Crippen LogP contribution >= 0.6 is 0 Å². The van der Waals surface area contributed by atoms with Crippen molar-refractivity contribution in [2.45, 2.75) is 39.8 Å². The van der Waals surface area contributed by atoms with Gasteiger partial charge in [0, 0.05) is 12.1 Å². The first-order valence-electron chi connectivity index (χ1n) is 9.03. The fraction of sp³-hybridized carbons (Fsp3) is 0.350. The van der Waals surface area contributed by atoms with E-state index >= 15 is 0 Å². The molecule has 156 valence electrons. The number of sulfonamides is 1. The number of nitrogens with zero attached hydrogens (tertiary/aromatic N) is 2. The van der Waals surface area contributed by atoms with Gasteiger partial charge in [-0.05, 0) is 38.8 Å². The van der Waals surface area contributed by atoms with E-state index in [0.717, 1.165) is 21.7 Å². The van der Waals surface area contributed by atoms with Gasteiger partial charge in [0.2, 0.25) is 15.9 Å². The molecule has 0 aliphatic carbocycles. The van der Waals surface area contributed by atoms with Gasteiger partial charge in [-0.2, -0.15) is 0 Å². The Bertz CT molecular complexity index is 1020. The van der Waals surface area contributed by atoms with Gasteiger partial charge >= 0.3 is 0 Å². The first kappa shape index (κ1) is 22.4. The van der Waals surface area contributed by atoms with Crippen molar-refractivity contribution in [2.24, 2.45) is 0 Å². The Morgan fingerprint density at radius 1 is 1.10 bits per heavy atom. The summed E-state index contributed by atoms with van der Waals surface area (Å²) in [5.41, 5.74) is 2.33. The molecular formula is C20H25N3O5S. The maximum absolute atomic E-state index is 12.8. The summed E-state index contributed by atoms with van der Waals surface area (Å²) in [4.78, 5) is 23.4. The number of aryl methyl sites for hydroxylation is 2. The normalized spacial score (nSPS) is 13.4. The third-order valence-electron chi connectivity index (χ3n) is 4.67. The van der Waals surface area contributed by atoms with E-state index in [2.05, 4.69) is 5.32 Å². The number of carbonyl (C=O) groups is 1. The number of nitro groups is 1. The number of amides is 1. The van der Waals surface area contributed by atoms with Gasteiger partial charge in [0.05, 0.1) is 22.9 Å². The lowest BCUT2D eigenvalue weighted by molar-refractivity contribution is -0.384. The lowest BCUT2D eigenvalue weighted by Crippen LogP contribution is -2.48. The fourth-order valence-corrected chi connectivity index (χ4v) is 4.23. The van der Waals surface area contributed by atoms with Gasteiger partial charge in [-0.3, -0.25) is 19.2 Å². The van der Waals surface area contributed by atoms with Gasteiger partial charge < -0.3 is 5.32 Å². The predicted octanol–water partition coefficient (Wildman–Crippen LogP) is 3.24. The highest BCUT2D eigenvalue weighted by molar-refractivity contribution is 7.92. The molecule has 0 aliphatic rings. The minimum absolute atomic E-state index is 0.104. The van der Waals surface area contributed by atoms with E-state index in [1.165, 1.54) is 25.1 Å². The van der Waals surface area contributed by atoms with E-state index in [0.29, 0.717) is 5.56 Å². The molecule has 0 heterocycles. The topological polar surface area (TPSA) is 110 Å². The molecule has 0 radical (unpaired) electrons. The lowest BCUT2D eigenvalue weighted by Gasteiger charge is -2.30. The molecule has 2 aromatic rings. The van der Waals surface area contributed by atoms with Gasteiger partial charge in [0.15, 0.2) is 0 Å². The van der Waals surface area contributed by atoms with E-state index in [9.17, 15) is 23.3 Å². The molecule has 9 heteroatoms. The molecule has 8 nitrogen and oxygen atoms in total. The van der Waals surface area contributed by atoms with Crippen LogP contribution in [0.5, 0.6) is 0 Å². The molecule has 0 saturated carbocycles. The van der Waals surface area contributed by atoms with Crippen molar-refractivity contribution in [2.75, 3.05) is 10.6 Å². The van der Waals surface area contributed by atoms with Crippen molar-refractivity contribution in [3.63, 3.8) is 0 Å². The van der Waals surface area contributed by atoms with Crippen LogP contribution in [0.2, 0.25) is 0 Å². The van der Waals surface area contributed by atoms with Crippen LogP contribution in [0.4, 0.5) is 11.4 Å². The number of nitro benzene ring substituents is 1. The second-order valence-corrected chi connectivity index (χ2v) is 8.96. The minimum Gasteiger partial charge on any atom is -0.348 e. The largest absolute Gasteiger partial charge is 0.348 e. The summed E-state index contributed by atoms with van der Waals surface area (Å²) < 4.78 is 25.9. The summed E-state index contributed by atoms with van der Waals surface area (Å²) in [6.07, 6.45) is 0.971. The second kappa shape index (κ2) is 8.60.